The van der Waals surface area contributed by atoms with Gasteiger partial charge in [0.2, 0.25) is 0 Å². The quantitative estimate of drug-likeness (QED) is 0.784. The van der Waals surface area contributed by atoms with Crippen molar-refractivity contribution < 1.29 is 13.2 Å². The monoisotopic (exact) mass is 402 g/mol. The van der Waals surface area contributed by atoms with Crippen LogP contribution >= 0.6 is 0 Å². The molecule has 2 fully saturated rings. The molecule has 7 nitrogen and oxygen atoms in total. The molecule has 0 radical (unpaired) electrons. The lowest BCUT2D eigenvalue weighted by Gasteiger charge is -2.40. The fourth-order valence-electron chi connectivity index (χ4n) is 3.95. The SMILES string of the molecule is C[C@H]1COC[C@H](C)N1c1cc(C2(S(C)(=O)=O)CC2)nc(-c2ccc(N)cc2)n1. The molecule has 0 bridgehead atoms. The molecule has 2 heterocycles. The Morgan fingerprint density at radius 3 is 2.25 bits per heavy atom. The van der Waals surface area contributed by atoms with E-state index < -0.39 is 14.6 Å². The van der Waals surface area contributed by atoms with Gasteiger partial charge in [-0.1, -0.05) is 0 Å². The average molecular weight is 403 g/mol. The van der Waals surface area contributed by atoms with Gasteiger partial charge in [0.05, 0.1) is 31.0 Å². The Kier molecular flexibility index (Phi) is 4.58. The van der Waals surface area contributed by atoms with Crippen molar-refractivity contribution in [2.45, 2.75) is 43.5 Å². The Morgan fingerprint density at radius 1 is 1.11 bits per heavy atom. The number of morpholine rings is 1. The largest absolute Gasteiger partial charge is 0.399 e. The molecule has 8 heteroatoms. The third-order valence-corrected chi connectivity index (χ3v) is 7.73. The number of anilines is 2. The molecule has 1 aliphatic heterocycles. The van der Waals surface area contributed by atoms with Crippen molar-refractivity contribution in [2.75, 3.05) is 30.1 Å². The third kappa shape index (κ3) is 3.24. The van der Waals surface area contributed by atoms with Crippen molar-refractivity contribution in [3.8, 4) is 11.4 Å². The van der Waals surface area contributed by atoms with Crippen LogP contribution in [0.25, 0.3) is 11.4 Å². The summed E-state index contributed by atoms with van der Waals surface area (Å²) in [6.45, 7) is 5.39. The highest BCUT2D eigenvalue weighted by molar-refractivity contribution is 7.91. The van der Waals surface area contributed by atoms with Gasteiger partial charge in [0, 0.05) is 23.6 Å². The van der Waals surface area contributed by atoms with Crippen LogP contribution in [-0.2, 0) is 19.3 Å². The predicted octanol–water partition coefficient (Wildman–Crippen LogP) is 2.37. The Hall–Kier alpha value is -2.19. The topological polar surface area (TPSA) is 98.4 Å². The number of benzene rings is 1. The summed E-state index contributed by atoms with van der Waals surface area (Å²) in [6, 6.07) is 9.46. The molecule has 2 aliphatic rings. The van der Waals surface area contributed by atoms with Gasteiger partial charge in [-0.3, -0.25) is 0 Å². The van der Waals surface area contributed by atoms with Crippen LogP contribution in [0.3, 0.4) is 0 Å². The first-order chi connectivity index (χ1) is 13.2. The summed E-state index contributed by atoms with van der Waals surface area (Å²) in [5.41, 5.74) is 7.87. The van der Waals surface area contributed by atoms with Crippen LogP contribution in [0.2, 0.25) is 0 Å². The van der Waals surface area contributed by atoms with Gasteiger partial charge < -0.3 is 15.4 Å². The maximum Gasteiger partial charge on any atom is 0.161 e. The summed E-state index contributed by atoms with van der Waals surface area (Å²) in [6.07, 6.45) is 2.49. The van der Waals surface area contributed by atoms with Crippen LogP contribution in [-0.4, -0.2) is 49.9 Å². The van der Waals surface area contributed by atoms with E-state index in [1.807, 2.05) is 18.2 Å². The highest BCUT2D eigenvalue weighted by Crippen LogP contribution is 2.52. The maximum atomic E-state index is 12.5. The first-order valence-corrected chi connectivity index (χ1v) is 11.4. The van der Waals surface area contributed by atoms with Crippen molar-refractivity contribution in [3.05, 3.63) is 36.0 Å². The van der Waals surface area contributed by atoms with Crippen molar-refractivity contribution in [1.82, 2.24) is 9.97 Å². The van der Waals surface area contributed by atoms with Gasteiger partial charge in [-0.25, -0.2) is 18.4 Å². The number of aromatic nitrogens is 2. The van der Waals surface area contributed by atoms with E-state index >= 15 is 0 Å². The van der Waals surface area contributed by atoms with Crippen molar-refractivity contribution in [2.24, 2.45) is 0 Å². The van der Waals surface area contributed by atoms with Crippen molar-refractivity contribution >= 4 is 21.3 Å². The molecule has 1 saturated heterocycles. The average Bonchev–Trinajstić information content (AvgIpc) is 3.44. The molecule has 4 rings (SSSR count). The molecule has 0 spiro atoms. The first-order valence-electron chi connectivity index (χ1n) is 9.52. The van der Waals surface area contributed by atoms with Crippen LogP contribution in [0.1, 0.15) is 32.4 Å². The first kappa shape index (κ1) is 19.1. The molecule has 1 aromatic carbocycles. The zero-order chi connectivity index (χ0) is 20.1. The maximum absolute atomic E-state index is 12.5. The minimum Gasteiger partial charge on any atom is -0.399 e. The Balaban J connectivity index is 1.88. The fourth-order valence-corrected chi connectivity index (χ4v) is 5.28. The van der Waals surface area contributed by atoms with Crippen LogP contribution < -0.4 is 10.6 Å². The Bertz CT molecular complexity index is 977. The van der Waals surface area contributed by atoms with E-state index in [9.17, 15) is 8.42 Å². The van der Waals surface area contributed by atoms with Gasteiger partial charge in [-0.15, -0.1) is 0 Å². The molecule has 1 aliphatic carbocycles. The Labute approximate surface area is 165 Å². The number of nitrogen functional groups attached to an aromatic ring is 1. The number of nitrogens with two attached hydrogens (primary N) is 1. The molecular formula is C20H26N4O3S. The number of ether oxygens (including phenoxy) is 1. The summed E-state index contributed by atoms with van der Waals surface area (Å²) < 4.78 is 29.8. The lowest BCUT2D eigenvalue weighted by molar-refractivity contribution is 0.0752. The molecule has 2 atom stereocenters. The molecular weight excluding hydrogens is 376 g/mol. The molecule has 2 N–H and O–H groups in total. The number of hydrogen-bond acceptors (Lipinski definition) is 7. The van der Waals surface area contributed by atoms with Crippen molar-refractivity contribution in [1.29, 1.82) is 0 Å². The minimum atomic E-state index is -3.28. The van der Waals surface area contributed by atoms with E-state index in [0.717, 1.165) is 11.4 Å². The smallest absolute Gasteiger partial charge is 0.161 e. The Morgan fingerprint density at radius 2 is 1.71 bits per heavy atom. The highest BCUT2D eigenvalue weighted by atomic mass is 32.2. The minimum absolute atomic E-state index is 0.138. The summed E-state index contributed by atoms with van der Waals surface area (Å²) in [5.74, 6) is 1.27. The fraction of sp³-hybridized carbons (Fsp3) is 0.500. The lowest BCUT2D eigenvalue weighted by atomic mass is 10.1. The zero-order valence-corrected chi connectivity index (χ0v) is 17.2. The van der Waals surface area contributed by atoms with E-state index in [1.54, 1.807) is 12.1 Å². The van der Waals surface area contributed by atoms with Crippen LogP contribution in [0, 0.1) is 0 Å². The number of hydrogen-bond donors (Lipinski definition) is 1. The lowest BCUT2D eigenvalue weighted by Crippen LogP contribution is -2.50. The second-order valence-electron chi connectivity index (χ2n) is 7.97. The van der Waals surface area contributed by atoms with Crippen molar-refractivity contribution in [3.63, 3.8) is 0 Å². The van der Waals surface area contributed by atoms with E-state index in [0.29, 0.717) is 43.3 Å². The molecule has 0 unspecified atom stereocenters. The summed E-state index contributed by atoms with van der Waals surface area (Å²) in [5, 5.41) is 0. The summed E-state index contributed by atoms with van der Waals surface area (Å²) in [4.78, 5) is 11.7. The van der Waals surface area contributed by atoms with E-state index in [2.05, 4.69) is 23.7 Å². The number of nitrogens with zero attached hydrogens (tertiary/aromatic N) is 3. The number of rotatable bonds is 4. The van der Waals surface area contributed by atoms with Crippen LogP contribution in [0.5, 0.6) is 0 Å². The summed E-state index contributed by atoms with van der Waals surface area (Å²) >= 11 is 0. The highest BCUT2D eigenvalue weighted by Gasteiger charge is 2.55. The van der Waals surface area contributed by atoms with Gasteiger partial charge in [0.1, 0.15) is 10.6 Å². The molecule has 28 heavy (non-hydrogen) atoms. The molecule has 2 aromatic rings. The van der Waals surface area contributed by atoms with Crippen LogP contribution in [0.15, 0.2) is 30.3 Å². The molecule has 1 saturated carbocycles. The zero-order valence-electron chi connectivity index (χ0n) is 16.4. The molecule has 0 amide bonds. The predicted molar refractivity (Wildman–Crippen MR) is 110 cm³/mol. The van der Waals surface area contributed by atoms with Gasteiger partial charge >= 0.3 is 0 Å². The summed E-state index contributed by atoms with van der Waals surface area (Å²) in [7, 11) is -3.28. The molecule has 1 aromatic heterocycles. The van der Waals surface area contributed by atoms with Gasteiger partial charge in [0.15, 0.2) is 15.7 Å². The van der Waals surface area contributed by atoms with Crippen LogP contribution in [0.4, 0.5) is 11.5 Å². The second kappa shape index (κ2) is 6.70. The van der Waals surface area contributed by atoms with E-state index in [1.165, 1.54) is 6.26 Å². The molecule has 150 valence electrons. The van der Waals surface area contributed by atoms with E-state index in [4.69, 9.17) is 15.5 Å². The third-order valence-electron chi connectivity index (χ3n) is 5.69. The van der Waals surface area contributed by atoms with Gasteiger partial charge in [-0.05, 0) is 51.0 Å². The standard InChI is InChI=1S/C20H26N4O3S/c1-13-11-27-12-14(2)24(13)18-10-17(20(8-9-20)28(3,25)26)22-19(23-18)15-4-6-16(21)7-5-15/h4-7,10,13-14H,8-9,11-12,21H2,1-3H3/t13-,14-/m0/s1. The van der Waals surface area contributed by atoms with Gasteiger partial charge in [0.25, 0.3) is 0 Å². The van der Waals surface area contributed by atoms with Gasteiger partial charge in [-0.2, -0.15) is 0 Å². The van der Waals surface area contributed by atoms with E-state index in [-0.39, 0.29) is 12.1 Å². The normalized spacial score (nSPS) is 24.2. The number of sulfone groups is 1. The second-order valence-corrected chi connectivity index (χ2v) is 10.3.